The van der Waals surface area contributed by atoms with Crippen LogP contribution in [0, 0.1) is 0 Å². The highest BCUT2D eigenvalue weighted by Crippen LogP contribution is 2.25. The molecule has 0 amide bonds. The van der Waals surface area contributed by atoms with E-state index >= 15 is 0 Å². The lowest BCUT2D eigenvalue weighted by Crippen LogP contribution is -2.11. The fourth-order valence-electron chi connectivity index (χ4n) is 3.24. The van der Waals surface area contributed by atoms with Gasteiger partial charge < -0.3 is 9.15 Å². The first-order valence-corrected chi connectivity index (χ1v) is 8.92. The summed E-state index contributed by atoms with van der Waals surface area (Å²) in [6, 6.07) is 15.3. The summed E-state index contributed by atoms with van der Waals surface area (Å²) >= 11 is 0. The summed E-state index contributed by atoms with van der Waals surface area (Å²) in [5.74, 6) is 0.331. The van der Waals surface area contributed by atoms with E-state index in [0.29, 0.717) is 11.5 Å². The molecule has 4 rings (SSSR count). The van der Waals surface area contributed by atoms with Gasteiger partial charge in [0.1, 0.15) is 0 Å². The maximum Gasteiger partial charge on any atom is 0.338 e. The number of hydrogen-bond acceptors (Lipinski definition) is 5. The molecule has 26 heavy (non-hydrogen) atoms. The zero-order chi connectivity index (χ0) is 17.9. The zero-order valence-electron chi connectivity index (χ0n) is 14.6. The average molecular weight is 348 g/mol. The molecule has 0 N–H and O–H groups in total. The van der Waals surface area contributed by atoms with Gasteiger partial charge in [0.2, 0.25) is 5.89 Å². The zero-order valence-corrected chi connectivity index (χ0v) is 14.6. The number of nitrogens with zero attached hydrogens (tertiary/aromatic N) is 2. The van der Waals surface area contributed by atoms with Gasteiger partial charge >= 0.3 is 5.97 Å². The van der Waals surface area contributed by atoms with E-state index in [-0.39, 0.29) is 11.9 Å². The molecule has 0 unspecified atom stereocenters. The van der Waals surface area contributed by atoms with Crippen LogP contribution < -0.4 is 0 Å². The molecule has 1 atom stereocenters. The molecule has 1 aliphatic carbocycles. The molecule has 1 aromatic heterocycles. The lowest BCUT2D eigenvalue weighted by atomic mass is 9.90. The molecule has 0 saturated heterocycles. The van der Waals surface area contributed by atoms with E-state index in [0.717, 1.165) is 18.4 Å². The second-order valence-electron chi connectivity index (χ2n) is 6.55. The number of esters is 1. The van der Waals surface area contributed by atoms with Gasteiger partial charge in [-0.1, -0.05) is 24.3 Å². The number of ether oxygens (including phenoxy) is 1. The SMILES string of the molecule is C[C@H](OC(=O)c1ccc2c(c1)CCCC2)c1nnc(-c2ccccc2)o1. The smallest absolute Gasteiger partial charge is 0.338 e. The highest BCUT2D eigenvalue weighted by molar-refractivity contribution is 5.89. The van der Waals surface area contributed by atoms with Gasteiger partial charge in [-0.15, -0.1) is 10.2 Å². The van der Waals surface area contributed by atoms with Gasteiger partial charge in [0, 0.05) is 5.56 Å². The van der Waals surface area contributed by atoms with Crippen LogP contribution in [0.5, 0.6) is 0 Å². The summed E-state index contributed by atoms with van der Waals surface area (Å²) < 4.78 is 11.2. The molecule has 0 fully saturated rings. The topological polar surface area (TPSA) is 65.2 Å². The number of rotatable bonds is 4. The van der Waals surface area contributed by atoms with Gasteiger partial charge in [-0.2, -0.15) is 0 Å². The number of fused-ring (bicyclic) bond motifs is 1. The molecular formula is C21H20N2O3. The molecule has 1 aliphatic rings. The first kappa shape index (κ1) is 16.5. The Morgan fingerprint density at radius 3 is 2.62 bits per heavy atom. The van der Waals surface area contributed by atoms with E-state index in [1.807, 2.05) is 48.5 Å². The molecule has 0 bridgehead atoms. The number of aromatic nitrogens is 2. The second-order valence-corrected chi connectivity index (χ2v) is 6.55. The Bertz CT molecular complexity index is 918. The van der Waals surface area contributed by atoms with E-state index in [2.05, 4.69) is 10.2 Å². The number of aryl methyl sites for hydroxylation is 2. The molecule has 0 saturated carbocycles. The number of carbonyl (C=O) groups excluding carboxylic acids is 1. The van der Waals surface area contributed by atoms with Crippen molar-refractivity contribution in [2.45, 2.75) is 38.7 Å². The van der Waals surface area contributed by atoms with E-state index in [1.54, 1.807) is 6.92 Å². The maximum atomic E-state index is 12.5. The van der Waals surface area contributed by atoms with Crippen LogP contribution in [-0.4, -0.2) is 16.2 Å². The Kier molecular flexibility index (Phi) is 4.52. The summed E-state index contributed by atoms with van der Waals surface area (Å²) in [4.78, 5) is 12.5. The summed E-state index contributed by atoms with van der Waals surface area (Å²) in [5, 5.41) is 8.05. The Hall–Kier alpha value is -2.95. The Balaban J connectivity index is 1.47. The lowest BCUT2D eigenvalue weighted by Gasteiger charge is -2.16. The molecule has 5 nitrogen and oxygen atoms in total. The highest BCUT2D eigenvalue weighted by atomic mass is 16.6. The van der Waals surface area contributed by atoms with Crippen LogP contribution in [0.3, 0.4) is 0 Å². The predicted molar refractivity (Wildman–Crippen MR) is 96.6 cm³/mol. The quantitative estimate of drug-likeness (QED) is 0.648. The van der Waals surface area contributed by atoms with Crippen LogP contribution in [0.2, 0.25) is 0 Å². The maximum absolute atomic E-state index is 12.5. The number of hydrogen-bond donors (Lipinski definition) is 0. The Labute approximate surface area is 152 Å². The first-order chi connectivity index (χ1) is 12.7. The van der Waals surface area contributed by atoms with Crippen molar-refractivity contribution >= 4 is 5.97 Å². The van der Waals surface area contributed by atoms with Gasteiger partial charge in [0.15, 0.2) is 6.10 Å². The van der Waals surface area contributed by atoms with Crippen molar-refractivity contribution in [3.05, 3.63) is 71.1 Å². The Morgan fingerprint density at radius 2 is 1.81 bits per heavy atom. The van der Waals surface area contributed by atoms with Crippen molar-refractivity contribution in [3.8, 4) is 11.5 Å². The molecule has 1 heterocycles. The van der Waals surface area contributed by atoms with Gasteiger partial charge in [-0.25, -0.2) is 4.79 Å². The lowest BCUT2D eigenvalue weighted by molar-refractivity contribution is 0.0279. The largest absolute Gasteiger partial charge is 0.449 e. The van der Waals surface area contributed by atoms with Crippen LogP contribution in [0.15, 0.2) is 52.9 Å². The van der Waals surface area contributed by atoms with Gasteiger partial charge in [0.05, 0.1) is 5.56 Å². The summed E-state index contributed by atoms with van der Waals surface area (Å²) in [6.45, 7) is 1.73. The van der Waals surface area contributed by atoms with Crippen molar-refractivity contribution in [2.75, 3.05) is 0 Å². The predicted octanol–water partition coefficient (Wildman–Crippen LogP) is 4.53. The third-order valence-corrected chi connectivity index (χ3v) is 4.68. The third kappa shape index (κ3) is 3.38. The van der Waals surface area contributed by atoms with Crippen molar-refractivity contribution in [3.63, 3.8) is 0 Å². The molecule has 3 aromatic rings. The second kappa shape index (κ2) is 7.12. The minimum atomic E-state index is -0.608. The van der Waals surface area contributed by atoms with Gasteiger partial charge in [-0.3, -0.25) is 0 Å². The normalized spacial score (nSPS) is 14.5. The minimum Gasteiger partial charge on any atom is -0.449 e. The molecule has 0 radical (unpaired) electrons. The molecule has 5 heteroatoms. The summed E-state index contributed by atoms with van der Waals surface area (Å²) in [5.41, 5.74) is 3.99. The van der Waals surface area contributed by atoms with Crippen LogP contribution in [-0.2, 0) is 17.6 Å². The number of benzene rings is 2. The van der Waals surface area contributed by atoms with Crippen molar-refractivity contribution in [2.24, 2.45) is 0 Å². The summed E-state index contributed by atoms with van der Waals surface area (Å²) in [7, 11) is 0. The van der Waals surface area contributed by atoms with Crippen molar-refractivity contribution in [1.82, 2.24) is 10.2 Å². The van der Waals surface area contributed by atoms with Crippen molar-refractivity contribution < 1.29 is 13.9 Å². The fraction of sp³-hybridized carbons (Fsp3) is 0.286. The molecular weight excluding hydrogens is 328 g/mol. The monoisotopic (exact) mass is 348 g/mol. The molecule has 0 aliphatic heterocycles. The van der Waals surface area contributed by atoms with Gasteiger partial charge in [0.25, 0.3) is 5.89 Å². The molecule has 2 aromatic carbocycles. The first-order valence-electron chi connectivity index (χ1n) is 8.92. The van der Waals surface area contributed by atoms with E-state index in [9.17, 15) is 4.79 Å². The fourth-order valence-corrected chi connectivity index (χ4v) is 3.24. The minimum absolute atomic E-state index is 0.287. The van der Waals surface area contributed by atoms with Crippen LogP contribution in [0.25, 0.3) is 11.5 Å². The standard InChI is InChI=1S/C21H20N2O3/c1-14(19-22-23-20(26-19)16-8-3-2-4-9-16)25-21(24)18-12-11-15-7-5-6-10-17(15)13-18/h2-4,8-9,11-14H,5-7,10H2,1H3/t14-/m0/s1. The van der Waals surface area contributed by atoms with E-state index < -0.39 is 6.10 Å². The van der Waals surface area contributed by atoms with Crippen molar-refractivity contribution in [1.29, 1.82) is 0 Å². The van der Waals surface area contributed by atoms with Crippen LogP contribution in [0.1, 0.15) is 53.2 Å². The number of carbonyl (C=O) groups is 1. The summed E-state index contributed by atoms with van der Waals surface area (Å²) in [6.07, 6.45) is 3.89. The van der Waals surface area contributed by atoms with E-state index in [4.69, 9.17) is 9.15 Å². The van der Waals surface area contributed by atoms with E-state index in [1.165, 1.54) is 24.0 Å². The average Bonchev–Trinajstić information content (AvgIpc) is 3.18. The van der Waals surface area contributed by atoms with Gasteiger partial charge in [-0.05, 0) is 68.0 Å². The molecule has 132 valence electrons. The third-order valence-electron chi connectivity index (χ3n) is 4.68. The Morgan fingerprint density at radius 1 is 1.04 bits per heavy atom. The highest BCUT2D eigenvalue weighted by Gasteiger charge is 2.21. The van der Waals surface area contributed by atoms with Crippen LogP contribution >= 0.6 is 0 Å². The van der Waals surface area contributed by atoms with Crippen LogP contribution in [0.4, 0.5) is 0 Å². The molecule has 0 spiro atoms.